The van der Waals surface area contributed by atoms with E-state index in [0.29, 0.717) is 6.04 Å². The average molecular weight is 206 g/mol. The maximum atomic E-state index is 6.12. The van der Waals surface area contributed by atoms with Gasteiger partial charge in [0.2, 0.25) is 5.95 Å². The van der Waals surface area contributed by atoms with E-state index in [2.05, 4.69) is 14.9 Å². The van der Waals surface area contributed by atoms with Crippen LogP contribution in [0.3, 0.4) is 0 Å². The van der Waals surface area contributed by atoms with Crippen LogP contribution in [0, 0.1) is 0 Å². The summed E-state index contributed by atoms with van der Waals surface area (Å²) in [7, 11) is 2.03. The van der Waals surface area contributed by atoms with E-state index in [1.54, 1.807) is 12.4 Å². The fraction of sp³-hybridized carbons (Fsp3) is 0.636. The zero-order valence-corrected chi connectivity index (χ0v) is 9.13. The van der Waals surface area contributed by atoms with Crippen molar-refractivity contribution in [3.63, 3.8) is 0 Å². The van der Waals surface area contributed by atoms with E-state index in [1.807, 2.05) is 13.1 Å². The van der Waals surface area contributed by atoms with Crippen molar-refractivity contribution in [2.24, 2.45) is 5.73 Å². The van der Waals surface area contributed by atoms with Gasteiger partial charge in [0.25, 0.3) is 0 Å². The van der Waals surface area contributed by atoms with E-state index in [-0.39, 0.29) is 6.04 Å². The first-order valence-corrected chi connectivity index (χ1v) is 5.54. The largest absolute Gasteiger partial charge is 0.339 e. The van der Waals surface area contributed by atoms with E-state index in [1.165, 1.54) is 12.8 Å². The van der Waals surface area contributed by atoms with Gasteiger partial charge in [-0.15, -0.1) is 0 Å². The normalized spacial score (nSPS) is 26.3. The summed E-state index contributed by atoms with van der Waals surface area (Å²) in [6.45, 7) is 0. The number of likely N-dealkylation sites (N-methyl/N-ethyl adjacent to an activating group) is 1. The zero-order valence-electron chi connectivity index (χ0n) is 9.13. The molecule has 82 valence electrons. The Kier molecular flexibility index (Phi) is 3.16. The summed E-state index contributed by atoms with van der Waals surface area (Å²) in [5, 5.41) is 0. The highest BCUT2D eigenvalue weighted by atomic mass is 15.3. The monoisotopic (exact) mass is 206 g/mol. The van der Waals surface area contributed by atoms with Crippen LogP contribution in [0.15, 0.2) is 18.5 Å². The lowest BCUT2D eigenvalue weighted by Crippen LogP contribution is -2.48. The van der Waals surface area contributed by atoms with Crippen LogP contribution in [0.25, 0.3) is 0 Å². The molecule has 0 radical (unpaired) electrons. The highest BCUT2D eigenvalue weighted by molar-refractivity contribution is 5.29. The fourth-order valence-electron chi connectivity index (χ4n) is 2.24. The van der Waals surface area contributed by atoms with Crippen molar-refractivity contribution in [1.29, 1.82) is 0 Å². The topological polar surface area (TPSA) is 55.0 Å². The number of rotatable bonds is 2. The summed E-state index contributed by atoms with van der Waals surface area (Å²) in [6, 6.07) is 2.48. The molecule has 0 spiro atoms. The molecule has 4 heteroatoms. The minimum absolute atomic E-state index is 0.257. The quantitative estimate of drug-likeness (QED) is 0.789. The van der Waals surface area contributed by atoms with Crippen molar-refractivity contribution in [1.82, 2.24) is 9.97 Å². The van der Waals surface area contributed by atoms with Crippen LogP contribution >= 0.6 is 0 Å². The van der Waals surface area contributed by atoms with Gasteiger partial charge in [0, 0.05) is 31.5 Å². The molecule has 2 N–H and O–H groups in total. The minimum atomic E-state index is 0.257. The van der Waals surface area contributed by atoms with Crippen molar-refractivity contribution in [3.8, 4) is 0 Å². The Morgan fingerprint density at radius 3 is 2.60 bits per heavy atom. The van der Waals surface area contributed by atoms with E-state index in [9.17, 15) is 0 Å². The van der Waals surface area contributed by atoms with E-state index >= 15 is 0 Å². The molecular weight excluding hydrogens is 188 g/mol. The molecule has 1 fully saturated rings. The molecule has 2 unspecified atom stereocenters. The number of nitrogens with two attached hydrogens (primary N) is 1. The SMILES string of the molecule is CN(c1ncccn1)C1CCCCC1N. The molecule has 1 heterocycles. The molecule has 1 aliphatic rings. The number of nitrogens with zero attached hydrogens (tertiary/aromatic N) is 3. The molecule has 1 saturated carbocycles. The van der Waals surface area contributed by atoms with Gasteiger partial charge in [0.05, 0.1) is 0 Å². The Morgan fingerprint density at radius 1 is 1.27 bits per heavy atom. The molecule has 4 nitrogen and oxygen atoms in total. The Morgan fingerprint density at radius 2 is 1.93 bits per heavy atom. The van der Waals surface area contributed by atoms with Gasteiger partial charge < -0.3 is 10.6 Å². The van der Waals surface area contributed by atoms with E-state index < -0.39 is 0 Å². The van der Waals surface area contributed by atoms with E-state index in [4.69, 9.17) is 5.73 Å². The molecule has 2 rings (SSSR count). The number of aromatic nitrogens is 2. The molecule has 0 amide bonds. The maximum Gasteiger partial charge on any atom is 0.225 e. The van der Waals surface area contributed by atoms with Gasteiger partial charge in [-0.05, 0) is 18.9 Å². The third kappa shape index (κ3) is 2.26. The van der Waals surface area contributed by atoms with Crippen LogP contribution < -0.4 is 10.6 Å². The maximum absolute atomic E-state index is 6.12. The lowest BCUT2D eigenvalue weighted by molar-refractivity contribution is 0.371. The number of hydrogen-bond donors (Lipinski definition) is 1. The van der Waals surface area contributed by atoms with E-state index in [0.717, 1.165) is 18.8 Å². The molecule has 0 bridgehead atoms. The highest BCUT2D eigenvalue weighted by Crippen LogP contribution is 2.22. The number of hydrogen-bond acceptors (Lipinski definition) is 4. The Hall–Kier alpha value is -1.16. The lowest BCUT2D eigenvalue weighted by Gasteiger charge is -2.35. The van der Waals surface area contributed by atoms with Gasteiger partial charge in [-0.1, -0.05) is 12.8 Å². The van der Waals surface area contributed by atoms with Gasteiger partial charge in [0.1, 0.15) is 0 Å². The molecule has 1 aromatic rings. The first-order chi connectivity index (χ1) is 7.29. The van der Waals surface area contributed by atoms with Crippen LogP contribution in [0.4, 0.5) is 5.95 Å². The molecule has 1 aliphatic carbocycles. The van der Waals surface area contributed by atoms with Gasteiger partial charge in [-0.25, -0.2) is 9.97 Å². The predicted molar refractivity (Wildman–Crippen MR) is 60.7 cm³/mol. The predicted octanol–water partition coefficient (Wildman–Crippen LogP) is 1.18. The summed E-state index contributed by atoms with van der Waals surface area (Å²) in [6.07, 6.45) is 8.31. The smallest absolute Gasteiger partial charge is 0.225 e. The van der Waals surface area contributed by atoms with Crippen molar-refractivity contribution in [3.05, 3.63) is 18.5 Å². The van der Waals surface area contributed by atoms with Crippen LogP contribution in [0.1, 0.15) is 25.7 Å². The summed E-state index contributed by atoms with van der Waals surface area (Å²) in [5.41, 5.74) is 6.12. The van der Waals surface area contributed by atoms with Crippen LogP contribution in [0.2, 0.25) is 0 Å². The second kappa shape index (κ2) is 4.57. The summed E-state index contributed by atoms with van der Waals surface area (Å²) < 4.78 is 0. The van der Waals surface area contributed by atoms with Crippen LogP contribution in [-0.2, 0) is 0 Å². The van der Waals surface area contributed by atoms with Crippen molar-refractivity contribution >= 4 is 5.95 Å². The Bertz CT molecular complexity index is 301. The molecule has 0 aliphatic heterocycles. The van der Waals surface area contributed by atoms with Crippen LogP contribution in [0.5, 0.6) is 0 Å². The first-order valence-electron chi connectivity index (χ1n) is 5.54. The second-order valence-corrected chi connectivity index (χ2v) is 4.18. The Balaban J connectivity index is 2.09. The molecular formula is C11H18N4. The lowest BCUT2D eigenvalue weighted by atomic mass is 9.90. The van der Waals surface area contributed by atoms with Crippen molar-refractivity contribution < 1.29 is 0 Å². The van der Waals surface area contributed by atoms with Gasteiger partial charge in [0.15, 0.2) is 0 Å². The number of anilines is 1. The van der Waals surface area contributed by atoms with Gasteiger partial charge in [-0.2, -0.15) is 0 Å². The molecule has 15 heavy (non-hydrogen) atoms. The summed E-state index contributed by atoms with van der Waals surface area (Å²) in [4.78, 5) is 10.6. The van der Waals surface area contributed by atoms with Gasteiger partial charge in [-0.3, -0.25) is 0 Å². The standard InChI is InChI=1S/C11H18N4/c1-15(11-13-7-4-8-14-11)10-6-3-2-5-9(10)12/h4,7-10H,2-3,5-6,12H2,1H3. The first kappa shape index (κ1) is 10.4. The molecule has 1 aromatic heterocycles. The third-order valence-electron chi connectivity index (χ3n) is 3.15. The summed E-state index contributed by atoms with van der Waals surface area (Å²) in [5.74, 6) is 0.778. The molecule has 0 saturated heterocycles. The molecule has 2 atom stereocenters. The Labute approximate surface area is 90.5 Å². The zero-order chi connectivity index (χ0) is 10.7. The van der Waals surface area contributed by atoms with Crippen molar-refractivity contribution in [2.45, 2.75) is 37.8 Å². The average Bonchev–Trinajstić information content (AvgIpc) is 2.30. The van der Waals surface area contributed by atoms with Gasteiger partial charge >= 0.3 is 0 Å². The van der Waals surface area contributed by atoms with Crippen LogP contribution in [-0.4, -0.2) is 29.1 Å². The van der Waals surface area contributed by atoms with Crippen molar-refractivity contribution in [2.75, 3.05) is 11.9 Å². The third-order valence-corrected chi connectivity index (χ3v) is 3.15. The summed E-state index contributed by atoms with van der Waals surface area (Å²) >= 11 is 0. The highest BCUT2D eigenvalue weighted by Gasteiger charge is 2.26. The fourth-order valence-corrected chi connectivity index (χ4v) is 2.24. The molecule has 0 aromatic carbocycles. The minimum Gasteiger partial charge on any atom is -0.339 e. The second-order valence-electron chi connectivity index (χ2n) is 4.18.